The summed E-state index contributed by atoms with van der Waals surface area (Å²) in [7, 11) is 0. The van der Waals surface area contributed by atoms with Crippen LogP contribution in [0.15, 0.2) is 60.2 Å². The van der Waals surface area contributed by atoms with Crippen LogP contribution in [-0.2, 0) is 20.9 Å². The van der Waals surface area contributed by atoms with Gasteiger partial charge in [-0.05, 0) is 31.4 Å². The number of hydrogen-bond donors (Lipinski definition) is 0. The monoisotopic (exact) mass is 415 g/mol. The summed E-state index contributed by atoms with van der Waals surface area (Å²) in [5.74, 6) is -1.03. The van der Waals surface area contributed by atoms with Gasteiger partial charge in [0.15, 0.2) is 5.57 Å². The van der Waals surface area contributed by atoms with E-state index in [4.69, 9.17) is 4.74 Å². The zero-order valence-electron chi connectivity index (χ0n) is 17.6. The number of nitriles is 1. The first-order chi connectivity index (χ1) is 15.1. The number of anilines is 1. The van der Waals surface area contributed by atoms with Gasteiger partial charge in [0, 0.05) is 31.2 Å². The lowest BCUT2D eigenvalue weighted by Gasteiger charge is -2.37. The molecular weight excluding hydrogens is 390 g/mol. The molecule has 6 heteroatoms. The molecule has 0 bridgehead atoms. The minimum absolute atomic E-state index is 0.0281. The molecule has 0 spiro atoms. The van der Waals surface area contributed by atoms with E-state index in [0.29, 0.717) is 5.56 Å². The van der Waals surface area contributed by atoms with Crippen LogP contribution < -0.4 is 4.90 Å². The Hall–Kier alpha value is -3.43. The fraction of sp³-hybridized carbons (Fsp3) is 0.320. The summed E-state index contributed by atoms with van der Waals surface area (Å²) in [6.07, 6.45) is 1.67. The highest BCUT2D eigenvalue weighted by Gasteiger charge is 2.41. The smallest absolute Gasteiger partial charge is 0.349 e. The summed E-state index contributed by atoms with van der Waals surface area (Å²) in [5, 5.41) is 9.61. The largest absolute Gasteiger partial charge is 0.462 e. The highest BCUT2D eigenvalue weighted by molar-refractivity contribution is 6.36. The number of piperidine rings is 1. The minimum Gasteiger partial charge on any atom is -0.462 e. The lowest BCUT2D eigenvalue weighted by molar-refractivity contribution is -0.138. The number of para-hydroxylation sites is 1. The summed E-state index contributed by atoms with van der Waals surface area (Å²) in [6, 6.07) is 19.7. The van der Waals surface area contributed by atoms with Crippen molar-refractivity contribution in [3.63, 3.8) is 0 Å². The number of esters is 1. The van der Waals surface area contributed by atoms with Crippen LogP contribution >= 0.6 is 0 Å². The van der Waals surface area contributed by atoms with Gasteiger partial charge in [0.2, 0.25) is 0 Å². The van der Waals surface area contributed by atoms with Crippen molar-refractivity contribution in [1.29, 1.82) is 5.26 Å². The van der Waals surface area contributed by atoms with Crippen molar-refractivity contribution in [2.75, 3.05) is 24.6 Å². The molecule has 0 saturated carbocycles. The van der Waals surface area contributed by atoms with E-state index < -0.39 is 5.97 Å². The maximum absolute atomic E-state index is 13.4. The van der Waals surface area contributed by atoms with Gasteiger partial charge in [0.05, 0.1) is 17.9 Å². The average molecular weight is 415 g/mol. The van der Waals surface area contributed by atoms with Crippen molar-refractivity contribution in [2.45, 2.75) is 32.4 Å². The molecule has 1 amide bonds. The van der Waals surface area contributed by atoms with E-state index in [1.54, 1.807) is 17.9 Å². The molecule has 0 N–H and O–H groups in total. The van der Waals surface area contributed by atoms with Gasteiger partial charge in [0.1, 0.15) is 6.07 Å². The molecule has 0 radical (unpaired) electrons. The molecule has 2 aromatic rings. The van der Waals surface area contributed by atoms with Crippen LogP contribution in [0.4, 0.5) is 5.69 Å². The number of carbonyl (C=O) groups excluding carboxylic acids is 2. The maximum Gasteiger partial charge on any atom is 0.349 e. The number of ether oxygens (including phenoxy) is 1. The zero-order chi connectivity index (χ0) is 21.8. The van der Waals surface area contributed by atoms with Gasteiger partial charge < -0.3 is 9.64 Å². The molecule has 31 heavy (non-hydrogen) atoms. The second-order valence-electron chi connectivity index (χ2n) is 7.77. The highest BCUT2D eigenvalue weighted by Crippen LogP contribution is 2.41. The Balaban J connectivity index is 1.57. The van der Waals surface area contributed by atoms with Gasteiger partial charge in [-0.3, -0.25) is 9.69 Å². The number of carbonyl (C=O) groups is 2. The standard InChI is InChI=1S/C25H25N3O3/c1-2-31-25(30)21(16-26)23-20-10-6-7-11-22(20)28(24(23)29)19-12-14-27(15-13-19)17-18-8-4-3-5-9-18/h3-11,19H,2,12-15,17H2,1H3/b23-21-. The predicted molar refractivity (Wildman–Crippen MR) is 118 cm³/mol. The molecule has 0 aromatic heterocycles. The summed E-state index contributed by atoms with van der Waals surface area (Å²) in [6.45, 7) is 4.49. The molecular formula is C25H25N3O3. The third-order valence-electron chi connectivity index (χ3n) is 5.88. The fourth-order valence-electron chi connectivity index (χ4n) is 4.43. The molecule has 1 saturated heterocycles. The van der Waals surface area contributed by atoms with Gasteiger partial charge in [-0.15, -0.1) is 0 Å². The molecule has 0 atom stereocenters. The first-order valence-corrected chi connectivity index (χ1v) is 10.6. The van der Waals surface area contributed by atoms with E-state index in [9.17, 15) is 14.9 Å². The van der Waals surface area contributed by atoms with Crippen LogP contribution in [0.3, 0.4) is 0 Å². The van der Waals surface area contributed by atoms with Crippen molar-refractivity contribution in [2.24, 2.45) is 0 Å². The second kappa shape index (κ2) is 9.15. The maximum atomic E-state index is 13.4. The Morgan fingerprint density at radius 2 is 1.77 bits per heavy atom. The molecule has 158 valence electrons. The van der Waals surface area contributed by atoms with E-state index in [0.717, 1.165) is 38.2 Å². The van der Waals surface area contributed by atoms with Crippen molar-refractivity contribution in [3.05, 3.63) is 71.3 Å². The third-order valence-corrected chi connectivity index (χ3v) is 5.88. The average Bonchev–Trinajstić information content (AvgIpc) is 3.08. The van der Waals surface area contributed by atoms with Crippen LogP contribution in [0.1, 0.15) is 30.9 Å². The van der Waals surface area contributed by atoms with Crippen molar-refractivity contribution < 1.29 is 14.3 Å². The number of benzene rings is 2. The zero-order valence-corrected chi connectivity index (χ0v) is 17.6. The van der Waals surface area contributed by atoms with Crippen LogP contribution in [0, 0.1) is 11.3 Å². The molecule has 2 heterocycles. The number of rotatable bonds is 5. The molecule has 2 aliphatic rings. The van der Waals surface area contributed by atoms with E-state index in [-0.39, 0.29) is 29.7 Å². The first kappa shape index (κ1) is 20.8. The molecule has 4 rings (SSSR count). The predicted octanol–water partition coefficient (Wildman–Crippen LogP) is 3.54. The van der Waals surface area contributed by atoms with Gasteiger partial charge in [0.25, 0.3) is 5.91 Å². The molecule has 2 aliphatic heterocycles. The number of likely N-dealkylation sites (tertiary alicyclic amines) is 1. The number of amides is 1. The Morgan fingerprint density at radius 3 is 2.45 bits per heavy atom. The molecule has 0 unspecified atom stereocenters. The van der Waals surface area contributed by atoms with Gasteiger partial charge in [-0.25, -0.2) is 4.79 Å². The van der Waals surface area contributed by atoms with Crippen molar-refractivity contribution in [1.82, 2.24) is 4.90 Å². The molecule has 1 fully saturated rings. The summed E-state index contributed by atoms with van der Waals surface area (Å²) in [4.78, 5) is 30.0. The Kier molecular flexibility index (Phi) is 6.15. The second-order valence-corrected chi connectivity index (χ2v) is 7.77. The topological polar surface area (TPSA) is 73.6 Å². The van der Waals surface area contributed by atoms with E-state index >= 15 is 0 Å². The minimum atomic E-state index is -0.748. The summed E-state index contributed by atoms with van der Waals surface area (Å²) < 4.78 is 5.03. The Labute approximate surface area is 182 Å². The van der Waals surface area contributed by atoms with Crippen molar-refractivity contribution in [3.8, 4) is 6.07 Å². The van der Waals surface area contributed by atoms with E-state index in [2.05, 4.69) is 17.0 Å². The quantitative estimate of drug-likeness (QED) is 0.424. The van der Waals surface area contributed by atoms with Crippen LogP contribution in [0.25, 0.3) is 5.57 Å². The Morgan fingerprint density at radius 1 is 1.10 bits per heavy atom. The number of fused-ring (bicyclic) bond motifs is 1. The van der Waals surface area contributed by atoms with Crippen molar-refractivity contribution >= 4 is 23.1 Å². The summed E-state index contributed by atoms with van der Waals surface area (Å²) in [5.41, 5.74) is 2.61. The van der Waals surface area contributed by atoms with Gasteiger partial charge in [-0.1, -0.05) is 48.5 Å². The lowest BCUT2D eigenvalue weighted by atomic mass is 10.0. The normalized spacial score (nSPS) is 18.5. The van der Waals surface area contributed by atoms with Crippen LogP contribution in [-0.4, -0.2) is 42.5 Å². The Bertz CT molecular complexity index is 1050. The number of nitrogens with zero attached hydrogens (tertiary/aromatic N) is 3. The van der Waals surface area contributed by atoms with E-state index in [1.807, 2.05) is 42.5 Å². The third kappa shape index (κ3) is 4.10. The van der Waals surface area contributed by atoms with Crippen LogP contribution in [0.5, 0.6) is 0 Å². The SMILES string of the molecule is CCOC(=O)/C(C#N)=C1\C(=O)N(C2CCN(Cc3ccccc3)CC2)c2ccccc21. The van der Waals surface area contributed by atoms with Gasteiger partial charge >= 0.3 is 5.97 Å². The molecule has 2 aromatic carbocycles. The summed E-state index contributed by atoms with van der Waals surface area (Å²) >= 11 is 0. The molecule has 6 nitrogen and oxygen atoms in total. The fourth-order valence-corrected chi connectivity index (χ4v) is 4.43. The van der Waals surface area contributed by atoms with Gasteiger partial charge in [-0.2, -0.15) is 5.26 Å². The highest BCUT2D eigenvalue weighted by atomic mass is 16.5. The first-order valence-electron chi connectivity index (χ1n) is 10.6. The van der Waals surface area contributed by atoms with E-state index in [1.165, 1.54) is 5.56 Å². The molecule has 0 aliphatic carbocycles. The lowest BCUT2D eigenvalue weighted by Crippen LogP contribution is -2.46. The number of hydrogen-bond acceptors (Lipinski definition) is 5. The van der Waals surface area contributed by atoms with Crippen LogP contribution in [0.2, 0.25) is 0 Å².